The quantitative estimate of drug-likeness (QED) is 0.360. The predicted octanol–water partition coefficient (Wildman–Crippen LogP) is 3.16. The zero-order valence-corrected chi connectivity index (χ0v) is 22.9. The molecule has 2 aliphatic heterocycles. The molecule has 1 aliphatic carbocycles. The van der Waals surface area contributed by atoms with Crippen LogP contribution in [-0.4, -0.2) is 61.1 Å². The number of aliphatic hydroxyl groups is 1. The lowest BCUT2D eigenvalue weighted by Gasteiger charge is -2.33. The second-order valence-corrected chi connectivity index (χ2v) is 11.4. The van der Waals surface area contributed by atoms with Crippen LogP contribution in [0.15, 0.2) is 47.9 Å². The molecule has 1 atom stereocenters. The number of hydrogen-bond donors (Lipinski definition) is 2. The first-order chi connectivity index (χ1) is 19.3. The Kier molecular flexibility index (Phi) is 5.88. The van der Waals surface area contributed by atoms with Crippen LogP contribution in [-0.2, 0) is 36.3 Å². The van der Waals surface area contributed by atoms with Crippen molar-refractivity contribution in [3.8, 4) is 5.82 Å². The third kappa shape index (κ3) is 4.06. The number of aromatic nitrogens is 5. The number of nitrogens with one attached hydrogen (secondary N) is 1. The number of likely N-dealkylation sites (N-methyl/N-ethyl adjacent to an activating group) is 1. The Bertz CT molecular complexity index is 1720. The molecule has 0 bridgehead atoms. The minimum absolute atomic E-state index is 0.223. The van der Waals surface area contributed by atoms with Crippen molar-refractivity contribution in [2.24, 2.45) is 0 Å². The molecule has 0 radical (unpaired) electrons. The van der Waals surface area contributed by atoms with E-state index in [2.05, 4.69) is 41.0 Å². The third-order valence-corrected chi connectivity index (χ3v) is 8.44. The van der Waals surface area contributed by atoms with Crippen LogP contribution in [0, 0.1) is 0 Å². The lowest BCUT2D eigenvalue weighted by molar-refractivity contribution is 0.00793. The van der Waals surface area contributed by atoms with E-state index >= 15 is 0 Å². The molecule has 5 heterocycles. The van der Waals surface area contributed by atoms with Gasteiger partial charge in [0.2, 0.25) is 5.95 Å². The summed E-state index contributed by atoms with van der Waals surface area (Å²) in [6.07, 6.45) is 5.65. The normalized spacial score (nSPS) is 20.8. The maximum Gasteiger partial charge on any atom is 0.278 e. The molecule has 4 aromatic rings. The van der Waals surface area contributed by atoms with Gasteiger partial charge in [-0.3, -0.25) is 4.79 Å². The van der Waals surface area contributed by atoms with Crippen molar-refractivity contribution in [1.29, 1.82) is 0 Å². The summed E-state index contributed by atoms with van der Waals surface area (Å²) in [6, 6.07) is 8.23. The van der Waals surface area contributed by atoms with Crippen LogP contribution < -0.4 is 10.9 Å². The molecule has 0 amide bonds. The molecule has 1 unspecified atom stereocenters. The molecule has 10 heteroatoms. The van der Waals surface area contributed by atoms with Gasteiger partial charge in [0.1, 0.15) is 11.0 Å². The Hall–Kier alpha value is -3.86. The number of hydrogen-bond acceptors (Lipinski definition) is 8. The van der Waals surface area contributed by atoms with Crippen molar-refractivity contribution >= 4 is 22.7 Å². The molecule has 10 nitrogen and oxygen atoms in total. The molecular formula is C30H33N7O3. The summed E-state index contributed by atoms with van der Waals surface area (Å²) in [5.41, 5.74) is 5.87. The minimum atomic E-state index is -1.01. The van der Waals surface area contributed by atoms with Gasteiger partial charge < -0.3 is 20.1 Å². The zero-order chi connectivity index (χ0) is 27.6. The monoisotopic (exact) mass is 539 g/mol. The number of nitrogens with zero attached hydrogens (tertiary/aromatic N) is 6. The van der Waals surface area contributed by atoms with Gasteiger partial charge in [0.05, 0.1) is 25.5 Å². The minimum Gasteiger partial charge on any atom is -0.384 e. The smallest absolute Gasteiger partial charge is 0.278 e. The van der Waals surface area contributed by atoms with E-state index in [1.807, 2.05) is 12.1 Å². The van der Waals surface area contributed by atoms with Gasteiger partial charge in [0, 0.05) is 30.9 Å². The van der Waals surface area contributed by atoms with Crippen molar-refractivity contribution in [2.45, 2.75) is 50.8 Å². The number of anilines is 2. The highest BCUT2D eigenvalue weighted by Crippen LogP contribution is 2.37. The summed E-state index contributed by atoms with van der Waals surface area (Å²) >= 11 is 0. The van der Waals surface area contributed by atoms with Crippen molar-refractivity contribution in [3.63, 3.8) is 0 Å². The van der Waals surface area contributed by atoms with Gasteiger partial charge in [0.15, 0.2) is 11.5 Å². The van der Waals surface area contributed by atoms with Crippen molar-refractivity contribution in [1.82, 2.24) is 29.2 Å². The fourth-order valence-electron chi connectivity index (χ4n) is 6.22. The lowest BCUT2D eigenvalue weighted by Crippen LogP contribution is -2.31. The summed E-state index contributed by atoms with van der Waals surface area (Å²) in [7, 11) is 2.14. The van der Waals surface area contributed by atoms with Crippen LogP contribution in [0.4, 0.5) is 11.6 Å². The Balaban J connectivity index is 1.33. The second-order valence-electron chi connectivity index (χ2n) is 11.4. The molecule has 0 spiro atoms. The number of aryl methyl sites for hydroxylation is 1. The second kappa shape index (κ2) is 9.36. The maximum absolute atomic E-state index is 13.4. The van der Waals surface area contributed by atoms with Gasteiger partial charge in [-0.15, -0.1) is 6.58 Å². The molecule has 3 aliphatic rings. The van der Waals surface area contributed by atoms with Gasteiger partial charge in [-0.2, -0.15) is 4.98 Å². The largest absolute Gasteiger partial charge is 0.384 e. The van der Waals surface area contributed by atoms with E-state index in [0.29, 0.717) is 40.8 Å². The summed E-state index contributed by atoms with van der Waals surface area (Å²) in [5.74, 6) is 1.32. The number of fused-ring (bicyclic) bond motifs is 3. The number of pyridine rings is 1. The van der Waals surface area contributed by atoms with E-state index in [0.717, 1.165) is 50.4 Å². The summed E-state index contributed by atoms with van der Waals surface area (Å²) in [5, 5.41) is 14.7. The van der Waals surface area contributed by atoms with E-state index < -0.39 is 5.60 Å². The first kappa shape index (κ1) is 25.1. The summed E-state index contributed by atoms with van der Waals surface area (Å²) < 4.78 is 8.78. The van der Waals surface area contributed by atoms with Gasteiger partial charge in [-0.05, 0) is 73.7 Å². The molecule has 40 heavy (non-hydrogen) atoms. The first-order valence-corrected chi connectivity index (χ1v) is 13.8. The van der Waals surface area contributed by atoms with Crippen LogP contribution in [0.2, 0.25) is 0 Å². The van der Waals surface area contributed by atoms with Gasteiger partial charge in [-0.1, -0.05) is 12.1 Å². The maximum atomic E-state index is 13.4. The fourth-order valence-corrected chi connectivity index (χ4v) is 6.22. The Morgan fingerprint density at radius 2 is 2.08 bits per heavy atom. The van der Waals surface area contributed by atoms with Gasteiger partial charge in [-0.25, -0.2) is 19.3 Å². The van der Waals surface area contributed by atoms with Crippen LogP contribution in [0.3, 0.4) is 0 Å². The van der Waals surface area contributed by atoms with Gasteiger partial charge in [0.25, 0.3) is 5.56 Å². The molecule has 206 valence electrons. The molecule has 1 fully saturated rings. The zero-order valence-electron chi connectivity index (χ0n) is 22.9. The lowest BCUT2D eigenvalue weighted by atomic mass is 9.86. The topological polar surface area (TPSA) is 110 Å². The number of allylic oxidation sites excluding steroid dienone is 1. The summed E-state index contributed by atoms with van der Waals surface area (Å²) in [4.78, 5) is 29.9. The first-order valence-electron chi connectivity index (χ1n) is 13.8. The predicted molar refractivity (Wildman–Crippen MR) is 152 cm³/mol. The molecule has 2 N–H and O–H groups in total. The Labute approximate surface area is 231 Å². The number of benzene rings is 1. The molecule has 1 saturated heterocycles. The van der Waals surface area contributed by atoms with E-state index in [1.54, 1.807) is 28.6 Å². The average Bonchev–Trinajstić information content (AvgIpc) is 3.35. The molecule has 7 rings (SSSR count). The molecule has 1 aromatic carbocycles. The highest BCUT2D eigenvalue weighted by Gasteiger charge is 2.34. The van der Waals surface area contributed by atoms with Crippen LogP contribution in [0.25, 0.3) is 16.9 Å². The molecular weight excluding hydrogens is 506 g/mol. The number of rotatable bonds is 6. The van der Waals surface area contributed by atoms with Crippen molar-refractivity contribution < 1.29 is 9.84 Å². The number of ether oxygens (including phenoxy) is 1. The van der Waals surface area contributed by atoms with E-state index in [-0.39, 0.29) is 12.1 Å². The summed E-state index contributed by atoms with van der Waals surface area (Å²) in [6.45, 7) is 9.33. The van der Waals surface area contributed by atoms with E-state index in [4.69, 9.17) is 14.7 Å². The Morgan fingerprint density at radius 1 is 1.23 bits per heavy atom. The fraction of sp³-hybridized carbons (Fsp3) is 0.400. The van der Waals surface area contributed by atoms with E-state index in [9.17, 15) is 9.90 Å². The molecule has 3 aromatic heterocycles. The third-order valence-electron chi connectivity index (χ3n) is 8.44. The van der Waals surface area contributed by atoms with Crippen LogP contribution in [0.1, 0.15) is 47.2 Å². The van der Waals surface area contributed by atoms with Crippen LogP contribution >= 0.6 is 0 Å². The molecule has 0 saturated carbocycles. The Morgan fingerprint density at radius 3 is 2.85 bits per heavy atom. The van der Waals surface area contributed by atoms with Crippen molar-refractivity contribution in [3.05, 3.63) is 81.4 Å². The van der Waals surface area contributed by atoms with Crippen molar-refractivity contribution in [2.75, 3.05) is 32.1 Å². The average molecular weight is 540 g/mol. The highest BCUT2D eigenvalue weighted by atomic mass is 16.5. The highest BCUT2D eigenvalue weighted by molar-refractivity contribution is 5.77. The van der Waals surface area contributed by atoms with Crippen LogP contribution in [0.5, 0.6) is 0 Å². The van der Waals surface area contributed by atoms with Gasteiger partial charge >= 0.3 is 0 Å². The van der Waals surface area contributed by atoms with E-state index in [1.165, 1.54) is 16.7 Å². The standard InChI is InChI=1S/C30H33N7O3/c1-4-10-36-28(38)24-14-31-29(34-27(24)37(36)25-6-5-18-7-9-30(2,39)26(18)33-25)32-21-12-19-15-35(3)11-8-22(19)23(13-21)20-16-40-17-20/h4-6,12-14,20,39H,1,7-11,15-17H2,2-3H3,(H,31,32,34). The SMILES string of the molecule is C=CCn1c(=O)c2cnc(Nc3cc4c(c(C5COC5)c3)CCN(C)C4)nc2n1-c1ccc2c(n1)C(C)(O)CC2.